The average Bonchev–Trinajstić information content (AvgIpc) is 3.29. The number of rotatable bonds is 5. The van der Waals surface area contributed by atoms with Crippen molar-refractivity contribution in [1.82, 2.24) is 15.0 Å². The molecule has 6 N–H and O–H groups in total. The molecule has 0 radical (unpaired) electrons. The number of carbonyl (C=O) groups is 2. The minimum absolute atomic E-state index is 0.00415. The molecule has 0 aliphatic heterocycles. The third kappa shape index (κ3) is 3.65. The van der Waals surface area contributed by atoms with Gasteiger partial charge in [-0.2, -0.15) is 0 Å². The molecule has 152 valence electrons. The number of nitrogens with one attached hydrogen (secondary N) is 3. The molecule has 0 unspecified atom stereocenters. The van der Waals surface area contributed by atoms with Crippen molar-refractivity contribution in [2.24, 2.45) is 0 Å². The van der Waals surface area contributed by atoms with Crippen molar-refractivity contribution in [1.29, 1.82) is 0 Å². The molecule has 2 aromatic carbocycles. The van der Waals surface area contributed by atoms with E-state index in [-0.39, 0.29) is 38.6 Å². The van der Waals surface area contributed by atoms with Crippen LogP contribution in [0.1, 0.15) is 22.2 Å². The number of aromatic nitrogens is 3. The second-order valence-electron chi connectivity index (χ2n) is 6.32. The number of imidazole rings is 1. The summed E-state index contributed by atoms with van der Waals surface area (Å²) in [6, 6.07) is 8.19. The maximum absolute atomic E-state index is 13.0. The molecule has 9 nitrogen and oxygen atoms in total. The number of hydrogen-bond donors (Lipinski definition) is 5. The Balaban J connectivity index is 1.66. The maximum atomic E-state index is 13.0. The minimum atomic E-state index is -0.600. The van der Waals surface area contributed by atoms with Crippen LogP contribution in [0.2, 0.25) is 5.02 Å². The highest BCUT2D eigenvalue weighted by Crippen LogP contribution is 2.38. The van der Waals surface area contributed by atoms with E-state index in [0.717, 1.165) is 28.1 Å². The zero-order valence-corrected chi connectivity index (χ0v) is 17.1. The molecular formula is C19H15ClN6O3S. The first-order chi connectivity index (χ1) is 14.3. The quantitative estimate of drug-likeness (QED) is 0.232. The number of fused-ring (bicyclic) bond motifs is 1. The van der Waals surface area contributed by atoms with E-state index in [2.05, 4.69) is 25.6 Å². The summed E-state index contributed by atoms with van der Waals surface area (Å²) < 4.78 is 0. The van der Waals surface area contributed by atoms with E-state index in [4.69, 9.17) is 17.3 Å². The molecule has 4 aromatic rings. The standard InChI is InChI=1S/C19H15ClN6O3S/c1-8(27)24-11-4-5-13(28)14(15(11)20)16(29)17-18(21)26-19(30-17)25-9-2-3-10-12(6-9)23-7-22-10/h2-7,28H,21H2,1H3,(H,22,23)(H,24,27)(H,25,26). The fraction of sp³-hybridized carbons (Fsp3) is 0.0526. The van der Waals surface area contributed by atoms with Crippen molar-refractivity contribution in [3.05, 3.63) is 52.1 Å². The molecular weight excluding hydrogens is 428 g/mol. The van der Waals surface area contributed by atoms with E-state index in [1.807, 2.05) is 18.2 Å². The van der Waals surface area contributed by atoms with Crippen molar-refractivity contribution in [3.8, 4) is 5.75 Å². The third-order valence-corrected chi connectivity index (χ3v) is 5.57. The summed E-state index contributed by atoms with van der Waals surface area (Å²) in [5.41, 5.74) is 8.39. The van der Waals surface area contributed by atoms with E-state index in [9.17, 15) is 14.7 Å². The van der Waals surface area contributed by atoms with Crippen molar-refractivity contribution < 1.29 is 14.7 Å². The van der Waals surface area contributed by atoms with Crippen molar-refractivity contribution in [2.45, 2.75) is 6.92 Å². The van der Waals surface area contributed by atoms with E-state index in [1.165, 1.54) is 19.1 Å². The topological polar surface area (TPSA) is 146 Å². The number of nitrogens with zero attached hydrogens (tertiary/aromatic N) is 2. The van der Waals surface area contributed by atoms with E-state index in [0.29, 0.717) is 5.13 Å². The molecule has 11 heteroatoms. The van der Waals surface area contributed by atoms with Gasteiger partial charge in [-0.1, -0.05) is 22.9 Å². The highest BCUT2D eigenvalue weighted by molar-refractivity contribution is 7.18. The van der Waals surface area contributed by atoms with Gasteiger partial charge in [-0.3, -0.25) is 9.59 Å². The number of H-pyrrole nitrogens is 1. The molecule has 30 heavy (non-hydrogen) atoms. The molecule has 0 aliphatic carbocycles. The Morgan fingerprint density at radius 1 is 1.27 bits per heavy atom. The highest BCUT2D eigenvalue weighted by Gasteiger charge is 2.25. The van der Waals surface area contributed by atoms with Crippen molar-refractivity contribution in [3.63, 3.8) is 0 Å². The van der Waals surface area contributed by atoms with Crippen LogP contribution in [0.5, 0.6) is 5.75 Å². The van der Waals surface area contributed by atoms with Gasteiger partial charge in [0.25, 0.3) is 0 Å². The van der Waals surface area contributed by atoms with Crippen molar-refractivity contribution in [2.75, 3.05) is 16.4 Å². The van der Waals surface area contributed by atoms with Crippen LogP contribution < -0.4 is 16.4 Å². The number of nitrogen functional groups attached to an aromatic ring is 1. The van der Waals surface area contributed by atoms with E-state index < -0.39 is 5.78 Å². The van der Waals surface area contributed by atoms with E-state index in [1.54, 1.807) is 6.33 Å². The summed E-state index contributed by atoms with van der Waals surface area (Å²) in [6.45, 7) is 1.31. The number of anilines is 4. The first kappa shape index (κ1) is 19.7. The number of hydrogen-bond acceptors (Lipinski definition) is 8. The third-order valence-electron chi connectivity index (χ3n) is 4.19. The summed E-state index contributed by atoms with van der Waals surface area (Å²) in [6.07, 6.45) is 1.60. The molecule has 0 saturated carbocycles. The van der Waals surface area contributed by atoms with Crippen LogP contribution in [0, 0.1) is 0 Å². The SMILES string of the molecule is CC(=O)Nc1ccc(O)c(C(=O)c2sc(Nc3ccc4nc[nH]c4c3)nc2N)c1Cl. The number of carbonyl (C=O) groups excluding carboxylic acids is 2. The van der Waals surface area contributed by atoms with Gasteiger partial charge >= 0.3 is 0 Å². The Morgan fingerprint density at radius 2 is 2.07 bits per heavy atom. The molecule has 0 saturated heterocycles. The van der Waals surface area contributed by atoms with Crippen LogP contribution in [0.25, 0.3) is 11.0 Å². The van der Waals surface area contributed by atoms with Gasteiger partial charge in [0.15, 0.2) is 5.13 Å². The largest absolute Gasteiger partial charge is 0.507 e. The van der Waals surface area contributed by atoms with Gasteiger partial charge in [0, 0.05) is 12.6 Å². The predicted octanol–water partition coefficient (Wildman–Crippen LogP) is 3.89. The Labute approximate surface area is 178 Å². The van der Waals surface area contributed by atoms with Gasteiger partial charge in [-0.05, 0) is 30.3 Å². The molecule has 0 spiro atoms. The minimum Gasteiger partial charge on any atom is -0.507 e. The fourth-order valence-corrected chi connectivity index (χ4v) is 4.01. The summed E-state index contributed by atoms with van der Waals surface area (Å²) in [4.78, 5) is 35.9. The first-order valence-corrected chi connectivity index (χ1v) is 9.83. The molecule has 0 aliphatic rings. The fourth-order valence-electron chi connectivity index (χ4n) is 2.87. The van der Waals surface area contributed by atoms with E-state index >= 15 is 0 Å². The van der Waals surface area contributed by atoms with Gasteiger partial charge < -0.3 is 26.5 Å². The highest BCUT2D eigenvalue weighted by atomic mass is 35.5. The normalized spacial score (nSPS) is 10.9. The first-order valence-electron chi connectivity index (χ1n) is 8.63. The second-order valence-corrected chi connectivity index (χ2v) is 7.70. The lowest BCUT2D eigenvalue weighted by Crippen LogP contribution is -2.09. The van der Waals surface area contributed by atoms with Crippen LogP contribution in [-0.2, 0) is 4.79 Å². The summed E-state index contributed by atoms with van der Waals surface area (Å²) in [7, 11) is 0. The monoisotopic (exact) mass is 442 g/mol. The Bertz CT molecular complexity index is 1300. The molecule has 1 amide bonds. The summed E-state index contributed by atoms with van der Waals surface area (Å²) >= 11 is 7.28. The van der Waals surface area contributed by atoms with Gasteiger partial charge in [-0.15, -0.1) is 0 Å². The van der Waals surface area contributed by atoms with Crippen LogP contribution in [0.3, 0.4) is 0 Å². The molecule has 0 fully saturated rings. The Morgan fingerprint density at radius 3 is 2.83 bits per heavy atom. The van der Waals surface area contributed by atoms with Gasteiger partial charge in [-0.25, -0.2) is 9.97 Å². The Kier molecular flexibility index (Phi) is 5.02. The molecule has 4 rings (SSSR count). The second kappa shape index (κ2) is 7.65. The number of amides is 1. The number of aromatic hydroxyl groups is 1. The van der Waals surface area contributed by atoms with Crippen LogP contribution in [-0.4, -0.2) is 31.7 Å². The van der Waals surface area contributed by atoms with Gasteiger partial charge in [0.2, 0.25) is 11.7 Å². The average molecular weight is 443 g/mol. The summed E-state index contributed by atoms with van der Waals surface area (Å²) in [5, 5.41) is 16.1. The number of phenols is 1. The van der Waals surface area contributed by atoms with Gasteiger partial charge in [0.1, 0.15) is 16.4 Å². The molecule has 0 bridgehead atoms. The number of nitrogens with two attached hydrogens (primary N) is 1. The number of ketones is 1. The maximum Gasteiger partial charge on any atom is 0.221 e. The van der Waals surface area contributed by atoms with Gasteiger partial charge in [0.05, 0.1) is 33.6 Å². The van der Waals surface area contributed by atoms with Crippen LogP contribution >= 0.6 is 22.9 Å². The lowest BCUT2D eigenvalue weighted by atomic mass is 10.1. The molecule has 2 aromatic heterocycles. The zero-order chi connectivity index (χ0) is 21.4. The molecule has 0 atom stereocenters. The van der Waals surface area contributed by atoms with Crippen LogP contribution in [0.4, 0.5) is 22.3 Å². The predicted molar refractivity (Wildman–Crippen MR) is 117 cm³/mol. The number of phenolic OH excluding ortho intramolecular Hbond substituents is 1. The smallest absolute Gasteiger partial charge is 0.221 e. The lowest BCUT2D eigenvalue weighted by molar-refractivity contribution is -0.114. The number of benzene rings is 2. The van der Waals surface area contributed by atoms with Crippen LogP contribution in [0.15, 0.2) is 36.7 Å². The Hall–Kier alpha value is -3.63. The number of aromatic amines is 1. The van der Waals surface area contributed by atoms with Crippen molar-refractivity contribution >= 4 is 68.0 Å². The zero-order valence-electron chi connectivity index (χ0n) is 15.5. The lowest BCUT2D eigenvalue weighted by Gasteiger charge is -2.10. The molecule has 2 heterocycles. The summed E-state index contributed by atoms with van der Waals surface area (Å²) in [5.74, 6) is -1.29. The number of thiazole rings is 1. The number of halogens is 1.